The summed E-state index contributed by atoms with van der Waals surface area (Å²) in [4.78, 5) is 11.8. The van der Waals surface area contributed by atoms with Crippen LogP contribution in [0, 0.1) is 0 Å². The van der Waals surface area contributed by atoms with Crippen LogP contribution in [0.2, 0.25) is 0 Å². The maximum Gasteiger partial charge on any atom is 0.242 e. The largest absolute Gasteiger partial charge is 0.374 e. The first-order valence-corrected chi connectivity index (χ1v) is 5.52. The summed E-state index contributed by atoms with van der Waals surface area (Å²) in [6.45, 7) is 7.77. The fraction of sp³-hybridized carbons (Fsp3) is 0.462. The third-order valence-corrected chi connectivity index (χ3v) is 2.05. The predicted molar refractivity (Wildman–Crippen MR) is 67.4 cm³/mol. The molecule has 0 saturated heterocycles. The normalized spacial score (nSPS) is 13.0. The van der Waals surface area contributed by atoms with Crippen molar-refractivity contribution in [2.24, 2.45) is 0 Å². The summed E-state index contributed by atoms with van der Waals surface area (Å²) >= 11 is 0. The van der Waals surface area contributed by atoms with Gasteiger partial charge in [-0.25, -0.2) is 0 Å². The minimum absolute atomic E-state index is 0.0105. The van der Waals surface area contributed by atoms with E-state index < -0.39 is 0 Å². The van der Waals surface area contributed by atoms with Crippen LogP contribution in [0.15, 0.2) is 30.3 Å². The molecule has 1 aromatic carbocycles. The Kier molecular flexibility index (Phi) is 3.93. The molecular weight excluding hydrogens is 200 g/mol. The summed E-state index contributed by atoms with van der Waals surface area (Å²) in [7, 11) is 0. The van der Waals surface area contributed by atoms with Gasteiger partial charge >= 0.3 is 0 Å². The van der Waals surface area contributed by atoms with Crippen molar-refractivity contribution >= 4 is 11.6 Å². The summed E-state index contributed by atoms with van der Waals surface area (Å²) < 4.78 is 0. The molecule has 0 aliphatic heterocycles. The van der Waals surface area contributed by atoms with Crippen LogP contribution in [0.1, 0.15) is 27.7 Å². The van der Waals surface area contributed by atoms with Gasteiger partial charge in [0.1, 0.15) is 6.04 Å². The number of hydrogen-bond donors (Lipinski definition) is 2. The quantitative estimate of drug-likeness (QED) is 0.821. The lowest BCUT2D eigenvalue weighted by atomic mass is 10.1. The van der Waals surface area contributed by atoms with Gasteiger partial charge in [0.15, 0.2) is 0 Å². The minimum atomic E-state index is -0.235. The third-order valence-electron chi connectivity index (χ3n) is 2.05. The van der Waals surface area contributed by atoms with E-state index in [1.807, 2.05) is 58.0 Å². The van der Waals surface area contributed by atoms with Crippen LogP contribution in [-0.4, -0.2) is 17.5 Å². The Balaban J connectivity index is 2.53. The van der Waals surface area contributed by atoms with Crippen LogP contribution >= 0.6 is 0 Å². The summed E-state index contributed by atoms with van der Waals surface area (Å²) in [6, 6.07) is 9.49. The number of rotatable bonds is 3. The molecule has 0 spiro atoms. The summed E-state index contributed by atoms with van der Waals surface area (Å²) in [5.41, 5.74) is 0.767. The van der Waals surface area contributed by atoms with E-state index in [9.17, 15) is 4.79 Å². The zero-order valence-electron chi connectivity index (χ0n) is 10.4. The van der Waals surface area contributed by atoms with Crippen molar-refractivity contribution in [3.8, 4) is 0 Å². The van der Waals surface area contributed by atoms with Crippen molar-refractivity contribution in [3.63, 3.8) is 0 Å². The zero-order valence-corrected chi connectivity index (χ0v) is 10.4. The molecule has 1 rings (SSSR count). The molecule has 0 aliphatic carbocycles. The molecule has 0 bridgehead atoms. The highest BCUT2D eigenvalue weighted by molar-refractivity contribution is 5.84. The van der Waals surface area contributed by atoms with Gasteiger partial charge < -0.3 is 10.6 Å². The average molecular weight is 220 g/mol. The first-order valence-electron chi connectivity index (χ1n) is 5.52. The van der Waals surface area contributed by atoms with Crippen molar-refractivity contribution in [2.45, 2.75) is 39.3 Å². The smallest absolute Gasteiger partial charge is 0.242 e. The van der Waals surface area contributed by atoms with E-state index in [2.05, 4.69) is 10.6 Å². The molecule has 0 fully saturated rings. The molecule has 1 amide bonds. The number of carbonyl (C=O) groups is 1. The maximum atomic E-state index is 11.8. The molecular formula is C13H20N2O. The van der Waals surface area contributed by atoms with Gasteiger partial charge in [-0.05, 0) is 39.8 Å². The third kappa shape index (κ3) is 4.34. The highest BCUT2D eigenvalue weighted by Crippen LogP contribution is 2.08. The van der Waals surface area contributed by atoms with Gasteiger partial charge in [-0.15, -0.1) is 0 Å². The first kappa shape index (κ1) is 12.6. The molecule has 0 aromatic heterocycles. The van der Waals surface area contributed by atoms with Crippen LogP contribution in [0.3, 0.4) is 0 Å². The molecule has 3 nitrogen and oxygen atoms in total. The second-order valence-corrected chi connectivity index (χ2v) is 4.97. The Morgan fingerprint density at radius 1 is 1.19 bits per heavy atom. The van der Waals surface area contributed by atoms with E-state index in [0.717, 1.165) is 5.69 Å². The summed E-state index contributed by atoms with van der Waals surface area (Å²) in [5, 5.41) is 6.09. The summed E-state index contributed by atoms with van der Waals surface area (Å²) in [5.74, 6) is 0.0105. The van der Waals surface area contributed by atoms with Crippen molar-refractivity contribution in [1.29, 1.82) is 0 Å². The number of anilines is 1. The van der Waals surface area contributed by atoms with Gasteiger partial charge in [-0.3, -0.25) is 4.79 Å². The highest BCUT2D eigenvalue weighted by atomic mass is 16.2. The molecule has 0 unspecified atom stereocenters. The number of nitrogens with one attached hydrogen (secondary N) is 2. The fourth-order valence-corrected chi connectivity index (χ4v) is 1.33. The lowest BCUT2D eigenvalue weighted by Crippen LogP contribution is -2.47. The molecule has 2 N–H and O–H groups in total. The molecule has 1 aromatic rings. The lowest BCUT2D eigenvalue weighted by molar-refractivity contribution is -0.122. The van der Waals surface area contributed by atoms with E-state index in [4.69, 9.17) is 0 Å². The Morgan fingerprint density at radius 3 is 2.25 bits per heavy atom. The molecule has 0 heterocycles. The van der Waals surface area contributed by atoms with Crippen LogP contribution in [0.25, 0.3) is 0 Å². The second kappa shape index (κ2) is 5.01. The molecule has 3 heteroatoms. The Morgan fingerprint density at radius 2 is 1.75 bits per heavy atom. The Labute approximate surface area is 97.2 Å². The van der Waals surface area contributed by atoms with E-state index >= 15 is 0 Å². The molecule has 0 radical (unpaired) electrons. The van der Waals surface area contributed by atoms with Crippen LogP contribution in [-0.2, 0) is 4.79 Å². The molecule has 0 aliphatic rings. The first-order chi connectivity index (χ1) is 7.38. The van der Waals surface area contributed by atoms with Crippen molar-refractivity contribution in [2.75, 3.05) is 5.32 Å². The SMILES string of the molecule is C[C@H](Nc1ccccc1)C(=O)NC(C)(C)C. The van der Waals surface area contributed by atoms with Crippen LogP contribution in [0.5, 0.6) is 0 Å². The van der Waals surface area contributed by atoms with Gasteiger partial charge in [-0.2, -0.15) is 0 Å². The fourth-order valence-electron chi connectivity index (χ4n) is 1.33. The molecule has 0 saturated carbocycles. The topological polar surface area (TPSA) is 41.1 Å². The Hall–Kier alpha value is -1.51. The van der Waals surface area contributed by atoms with Crippen molar-refractivity contribution in [1.82, 2.24) is 5.32 Å². The monoisotopic (exact) mass is 220 g/mol. The van der Waals surface area contributed by atoms with Gasteiger partial charge in [-0.1, -0.05) is 18.2 Å². The number of carbonyl (C=O) groups excluding carboxylic acids is 1. The number of hydrogen-bond acceptors (Lipinski definition) is 2. The lowest BCUT2D eigenvalue weighted by Gasteiger charge is -2.24. The van der Waals surface area contributed by atoms with E-state index in [1.165, 1.54) is 0 Å². The van der Waals surface area contributed by atoms with Crippen molar-refractivity contribution < 1.29 is 4.79 Å². The van der Waals surface area contributed by atoms with E-state index in [0.29, 0.717) is 0 Å². The second-order valence-electron chi connectivity index (χ2n) is 4.97. The standard InChI is InChI=1S/C13H20N2O/c1-10(12(16)15-13(2,3)4)14-11-8-6-5-7-9-11/h5-10,14H,1-4H3,(H,15,16)/t10-/m0/s1. The maximum absolute atomic E-state index is 11.8. The highest BCUT2D eigenvalue weighted by Gasteiger charge is 2.18. The van der Waals surface area contributed by atoms with Gasteiger partial charge in [0.25, 0.3) is 0 Å². The minimum Gasteiger partial charge on any atom is -0.374 e. The molecule has 88 valence electrons. The van der Waals surface area contributed by atoms with Gasteiger partial charge in [0.05, 0.1) is 0 Å². The summed E-state index contributed by atoms with van der Waals surface area (Å²) in [6.07, 6.45) is 0. The zero-order chi connectivity index (χ0) is 12.2. The van der Waals surface area contributed by atoms with Crippen molar-refractivity contribution in [3.05, 3.63) is 30.3 Å². The van der Waals surface area contributed by atoms with Crippen LogP contribution in [0.4, 0.5) is 5.69 Å². The van der Waals surface area contributed by atoms with E-state index in [1.54, 1.807) is 0 Å². The molecule has 1 atom stereocenters. The number of amides is 1. The van der Waals surface area contributed by atoms with Gasteiger partial charge in [0.2, 0.25) is 5.91 Å². The van der Waals surface area contributed by atoms with Gasteiger partial charge in [0, 0.05) is 11.2 Å². The average Bonchev–Trinajstić information content (AvgIpc) is 2.16. The number of para-hydroxylation sites is 1. The molecule has 16 heavy (non-hydrogen) atoms. The Bertz CT molecular complexity index is 341. The predicted octanol–water partition coefficient (Wildman–Crippen LogP) is 2.40. The van der Waals surface area contributed by atoms with Crippen LogP contribution < -0.4 is 10.6 Å². The number of benzene rings is 1. The van der Waals surface area contributed by atoms with E-state index in [-0.39, 0.29) is 17.5 Å².